The Morgan fingerprint density at radius 3 is 2.30 bits per heavy atom. The molecule has 164 valence electrons. The predicted molar refractivity (Wildman–Crippen MR) is 123 cm³/mol. The third-order valence-electron chi connectivity index (χ3n) is 5.48. The fourth-order valence-electron chi connectivity index (χ4n) is 3.54. The third kappa shape index (κ3) is 6.28. The van der Waals surface area contributed by atoms with Crippen LogP contribution in [0.2, 0.25) is 0 Å². The first kappa shape index (κ1) is 23.2. The summed E-state index contributed by atoms with van der Waals surface area (Å²) in [6.45, 7) is 10.8. The summed E-state index contributed by atoms with van der Waals surface area (Å²) in [6.07, 6.45) is 1.51. The summed E-state index contributed by atoms with van der Waals surface area (Å²) >= 11 is 1.67. The number of hydrogen-bond donors (Lipinski definition) is 0. The highest BCUT2D eigenvalue weighted by Gasteiger charge is 2.28. The zero-order valence-electron chi connectivity index (χ0n) is 17.9. The number of aromatic nitrogens is 1. The van der Waals surface area contributed by atoms with Gasteiger partial charge >= 0.3 is 0 Å². The second kappa shape index (κ2) is 11.2. The fraction of sp³-hybridized carbons (Fsp3) is 0.500. The minimum atomic E-state index is -3.49. The molecule has 30 heavy (non-hydrogen) atoms. The molecule has 1 fully saturated rings. The number of thioether (sulfide) groups is 1. The van der Waals surface area contributed by atoms with Gasteiger partial charge in [-0.25, -0.2) is 13.4 Å². The maximum Gasteiger partial charge on any atom is 0.244 e. The topological polar surface area (TPSA) is 56.8 Å². The monoisotopic (exact) mass is 448 g/mol. The number of hydrogen-bond acceptors (Lipinski definition) is 6. The molecular formula is C22H32N4O2S2. The molecule has 2 aromatic rings. The van der Waals surface area contributed by atoms with E-state index >= 15 is 0 Å². The SMILES string of the molecule is CCN(CC)CCSc1ccc(S(=O)(=O)N2CCN(Cc3ccccc3)CC2)cn1. The molecule has 1 aromatic heterocycles. The average molecular weight is 449 g/mol. The lowest BCUT2D eigenvalue weighted by atomic mass is 10.2. The van der Waals surface area contributed by atoms with Crippen LogP contribution in [0.5, 0.6) is 0 Å². The van der Waals surface area contributed by atoms with Crippen molar-refractivity contribution in [1.82, 2.24) is 19.1 Å². The van der Waals surface area contributed by atoms with Gasteiger partial charge in [0.05, 0.1) is 5.03 Å². The molecule has 0 radical (unpaired) electrons. The summed E-state index contributed by atoms with van der Waals surface area (Å²) in [5, 5.41) is 0.869. The van der Waals surface area contributed by atoms with Gasteiger partial charge in [-0.3, -0.25) is 4.90 Å². The van der Waals surface area contributed by atoms with Gasteiger partial charge < -0.3 is 4.90 Å². The first-order valence-corrected chi connectivity index (χ1v) is 13.0. The Balaban J connectivity index is 1.51. The molecule has 8 heteroatoms. The molecule has 0 saturated carbocycles. The van der Waals surface area contributed by atoms with Gasteiger partial charge in [0, 0.05) is 51.2 Å². The summed E-state index contributed by atoms with van der Waals surface area (Å²) in [5.41, 5.74) is 1.26. The molecule has 0 amide bonds. The lowest BCUT2D eigenvalue weighted by Gasteiger charge is -2.33. The summed E-state index contributed by atoms with van der Waals surface area (Å²) in [4.78, 5) is 9.34. The Morgan fingerprint density at radius 2 is 1.70 bits per heavy atom. The van der Waals surface area contributed by atoms with Gasteiger partial charge in [-0.2, -0.15) is 4.31 Å². The maximum absolute atomic E-state index is 13.0. The van der Waals surface area contributed by atoms with Crippen molar-refractivity contribution in [2.45, 2.75) is 30.3 Å². The molecule has 2 heterocycles. The zero-order valence-corrected chi connectivity index (χ0v) is 19.5. The average Bonchev–Trinajstić information content (AvgIpc) is 2.78. The largest absolute Gasteiger partial charge is 0.303 e. The van der Waals surface area contributed by atoms with Gasteiger partial charge in [-0.05, 0) is 30.8 Å². The first-order valence-electron chi connectivity index (χ1n) is 10.6. The molecule has 0 spiro atoms. The lowest BCUT2D eigenvalue weighted by Crippen LogP contribution is -2.48. The first-order chi connectivity index (χ1) is 14.5. The van der Waals surface area contributed by atoms with Gasteiger partial charge in [0.25, 0.3) is 0 Å². The summed E-state index contributed by atoms with van der Waals surface area (Å²) in [6, 6.07) is 13.8. The quantitative estimate of drug-likeness (QED) is 0.521. The predicted octanol–water partition coefficient (Wildman–Crippen LogP) is 3.02. The Kier molecular flexibility index (Phi) is 8.71. The van der Waals surface area contributed by atoms with Crippen molar-refractivity contribution in [2.75, 3.05) is 51.6 Å². The van der Waals surface area contributed by atoms with Crippen molar-refractivity contribution in [3.63, 3.8) is 0 Å². The zero-order chi connectivity index (χ0) is 21.4. The Bertz CT molecular complexity index is 864. The van der Waals surface area contributed by atoms with E-state index in [1.807, 2.05) is 24.3 Å². The summed E-state index contributed by atoms with van der Waals surface area (Å²) < 4.78 is 27.6. The van der Waals surface area contributed by atoms with E-state index in [0.29, 0.717) is 13.1 Å². The maximum atomic E-state index is 13.0. The van der Waals surface area contributed by atoms with Crippen LogP contribution in [-0.4, -0.2) is 79.1 Å². The van der Waals surface area contributed by atoms with Crippen molar-refractivity contribution < 1.29 is 8.42 Å². The number of nitrogens with zero attached hydrogens (tertiary/aromatic N) is 4. The van der Waals surface area contributed by atoms with Crippen molar-refractivity contribution in [3.05, 3.63) is 54.2 Å². The molecule has 0 aliphatic carbocycles. The van der Waals surface area contributed by atoms with E-state index in [2.05, 4.69) is 40.8 Å². The molecular weight excluding hydrogens is 416 g/mol. The molecule has 1 aromatic carbocycles. The van der Waals surface area contributed by atoms with Crippen LogP contribution in [0.25, 0.3) is 0 Å². The fourth-order valence-corrected chi connectivity index (χ4v) is 5.76. The van der Waals surface area contributed by atoms with Crippen molar-refractivity contribution >= 4 is 21.8 Å². The van der Waals surface area contributed by atoms with E-state index in [0.717, 1.165) is 50.0 Å². The van der Waals surface area contributed by atoms with Crippen LogP contribution >= 0.6 is 11.8 Å². The van der Waals surface area contributed by atoms with Crippen LogP contribution in [0.1, 0.15) is 19.4 Å². The van der Waals surface area contributed by atoms with E-state index in [4.69, 9.17) is 0 Å². The number of pyridine rings is 1. The Labute approximate surface area is 185 Å². The van der Waals surface area contributed by atoms with Crippen molar-refractivity contribution in [3.8, 4) is 0 Å². The Morgan fingerprint density at radius 1 is 1.00 bits per heavy atom. The van der Waals surface area contributed by atoms with Gasteiger partial charge in [0.15, 0.2) is 0 Å². The number of rotatable bonds is 10. The van der Waals surface area contributed by atoms with Gasteiger partial charge in [0.1, 0.15) is 4.90 Å². The molecule has 1 aliphatic rings. The molecule has 1 aliphatic heterocycles. The van der Waals surface area contributed by atoms with E-state index in [1.54, 1.807) is 22.1 Å². The molecule has 0 atom stereocenters. The second-order valence-electron chi connectivity index (χ2n) is 7.37. The van der Waals surface area contributed by atoms with Crippen molar-refractivity contribution in [2.24, 2.45) is 0 Å². The number of sulfonamides is 1. The Hall–Kier alpha value is -1.45. The van der Waals surface area contributed by atoms with E-state index in [9.17, 15) is 8.42 Å². The summed E-state index contributed by atoms with van der Waals surface area (Å²) in [5.74, 6) is 0.949. The van der Waals surface area contributed by atoms with Crippen LogP contribution in [0, 0.1) is 0 Å². The lowest BCUT2D eigenvalue weighted by molar-refractivity contribution is 0.181. The molecule has 0 unspecified atom stereocenters. The van der Waals surface area contributed by atoms with E-state index in [-0.39, 0.29) is 4.90 Å². The van der Waals surface area contributed by atoms with Crippen LogP contribution in [0.4, 0.5) is 0 Å². The number of benzene rings is 1. The minimum absolute atomic E-state index is 0.284. The van der Waals surface area contributed by atoms with Gasteiger partial charge in [-0.15, -0.1) is 11.8 Å². The highest BCUT2D eigenvalue weighted by Crippen LogP contribution is 2.21. The third-order valence-corrected chi connectivity index (χ3v) is 8.29. The standard InChI is InChI=1S/C22H32N4O2S2/c1-3-24(4-2)16-17-29-22-11-10-21(18-23-22)30(27,28)26-14-12-25(13-15-26)19-20-8-6-5-7-9-20/h5-11,18H,3-4,12-17,19H2,1-2H3. The highest BCUT2D eigenvalue weighted by atomic mass is 32.2. The van der Waals surface area contributed by atoms with Crippen LogP contribution in [0.3, 0.4) is 0 Å². The summed E-state index contributed by atoms with van der Waals surface area (Å²) in [7, 11) is -3.49. The van der Waals surface area contributed by atoms with Gasteiger partial charge in [-0.1, -0.05) is 44.2 Å². The van der Waals surface area contributed by atoms with Crippen LogP contribution in [-0.2, 0) is 16.6 Å². The van der Waals surface area contributed by atoms with Crippen molar-refractivity contribution in [1.29, 1.82) is 0 Å². The van der Waals surface area contributed by atoms with Crippen LogP contribution in [0.15, 0.2) is 58.6 Å². The molecule has 6 nitrogen and oxygen atoms in total. The van der Waals surface area contributed by atoms with E-state index < -0.39 is 10.0 Å². The normalized spacial score (nSPS) is 16.2. The molecule has 3 rings (SSSR count). The van der Waals surface area contributed by atoms with Gasteiger partial charge in [0.2, 0.25) is 10.0 Å². The van der Waals surface area contributed by atoms with Crippen LogP contribution < -0.4 is 0 Å². The smallest absolute Gasteiger partial charge is 0.244 e. The number of piperazine rings is 1. The minimum Gasteiger partial charge on any atom is -0.303 e. The molecule has 0 N–H and O–H groups in total. The van der Waals surface area contributed by atoms with E-state index in [1.165, 1.54) is 11.8 Å². The second-order valence-corrected chi connectivity index (χ2v) is 10.4. The molecule has 0 bridgehead atoms. The molecule has 1 saturated heterocycles. The highest BCUT2D eigenvalue weighted by molar-refractivity contribution is 7.99.